The average molecular weight is 895 g/mol. The zero-order valence-electron chi connectivity index (χ0n) is 40.0. The number of methoxy groups -OCH3 is 1. The Hall–Kier alpha value is -3.39. The summed E-state index contributed by atoms with van der Waals surface area (Å²) >= 11 is 0. The lowest BCUT2D eigenvalue weighted by Gasteiger charge is -2.52. The van der Waals surface area contributed by atoms with E-state index in [4.69, 9.17) is 42.6 Å². The molecule has 0 radical (unpaired) electrons. The Balaban J connectivity index is 1.65. The van der Waals surface area contributed by atoms with E-state index in [2.05, 4.69) is 4.98 Å². The quantitative estimate of drug-likeness (QED) is 0.275. The minimum absolute atomic E-state index is 0.147. The topological polar surface area (TPSA) is 196 Å². The fourth-order valence-electron chi connectivity index (χ4n) is 10.9. The maximum atomic E-state index is 14.9. The van der Waals surface area contributed by atoms with E-state index in [1.807, 2.05) is 72.5 Å². The van der Waals surface area contributed by atoms with E-state index in [0.717, 1.165) is 0 Å². The van der Waals surface area contributed by atoms with Gasteiger partial charge >= 0.3 is 24.2 Å². The molecule has 18 atom stereocenters. The molecule has 0 spiro atoms. The zero-order chi connectivity index (χ0) is 46.9. The molecule has 63 heavy (non-hydrogen) atoms. The summed E-state index contributed by atoms with van der Waals surface area (Å²) in [5, 5.41) is 13.0. The van der Waals surface area contributed by atoms with Crippen molar-refractivity contribution in [2.24, 2.45) is 23.7 Å². The predicted octanol–water partition coefficient (Wildman–Crippen LogP) is 4.82. The monoisotopic (exact) mass is 895 g/mol. The van der Waals surface area contributed by atoms with Crippen molar-refractivity contribution >= 4 is 24.2 Å². The fourth-order valence-corrected chi connectivity index (χ4v) is 10.9. The van der Waals surface area contributed by atoms with Crippen molar-refractivity contribution in [2.45, 2.75) is 186 Å². The van der Waals surface area contributed by atoms with Crippen LogP contribution in [0.2, 0.25) is 0 Å². The zero-order valence-corrected chi connectivity index (χ0v) is 40.0. The molecule has 18 nitrogen and oxygen atoms in total. The molecule has 4 fully saturated rings. The minimum atomic E-state index is -1.60. The van der Waals surface area contributed by atoms with Gasteiger partial charge in [0, 0.05) is 51.4 Å². The van der Waals surface area contributed by atoms with E-state index in [1.165, 1.54) is 37.3 Å². The molecule has 5 rings (SSSR count). The first-order valence-electron chi connectivity index (χ1n) is 22.4. The molecule has 18 heteroatoms. The molecule has 4 saturated heterocycles. The summed E-state index contributed by atoms with van der Waals surface area (Å²) in [6, 6.07) is -0.661. The number of carbonyl (C=O) groups is 4. The number of hydrogen-bond acceptors (Lipinski definition) is 17. The lowest BCUT2D eigenvalue weighted by Crippen LogP contribution is -2.62. The standard InChI is InChI=1S/C45H74N4O14/c1-16-33-45(11)37(62-42(53)63-45)28(6)48(14)22-24(2)20-43(9,54)36(60-40-35(58-30(8)50)31(47(12)13)19-25(3)56-40)26(4)34(27(5)39(51)59-33)32-21-44(10,55-15)38(29(7)57-32)61-41(52)49-18-17-46-23-49/h17-18,23-29,31-38,40,54H,16,19-22H2,1-15H3/t24-,25-,26+,27-,28-,29+,31+,32?,33-,34+,35-,36-,37-,38+,40+,43-,44-,45-/m1/s1. The van der Waals surface area contributed by atoms with E-state index < -0.39 is 108 Å². The van der Waals surface area contributed by atoms with Gasteiger partial charge in [-0.2, -0.15) is 0 Å². The van der Waals surface area contributed by atoms with Gasteiger partial charge in [0.05, 0.1) is 42.0 Å². The molecular formula is C45H74N4O14. The molecule has 4 aliphatic heterocycles. The van der Waals surface area contributed by atoms with Crippen LogP contribution in [0.1, 0.15) is 102 Å². The fraction of sp³-hybridized carbons (Fsp3) is 0.844. The van der Waals surface area contributed by atoms with Crippen LogP contribution >= 0.6 is 0 Å². The van der Waals surface area contributed by atoms with Gasteiger partial charge in [-0.05, 0) is 93.8 Å². The van der Waals surface area contributed by atoms with Crippen molar-refractivity contribution < 1.29 is 66.9 Å². The summed E-state index contributed by atoms with van der Waals surface area (Å²) in [6.45, 7) is 20.3. The SMILES string of the molecule is CC[C@H]1OC(=O)[C@H](C)[C@@H](C2C[C@@](C)(OC)[C@@H](OC(=O)n3ccnc3)[C@H](C)O2)[C@H](C)[C@@H](O[C@@H]2O[C@H](C)C[C@H](N(C)C)[C@H]2OC(C)=O)[C@](C)(O)C[C@@H](C)CN(C)[C@H](C)[C@H]2OC(=O)O[C@@]21C. The second-order valence-electron chi connectivity index (χ2n) is 19.6. The summed E-state index contributed by atoms with van der Waals surface area (Å²) in [5.41, 5.74) is -4.06. The Labute approximate surface area is 372 Å². The van der Waals surface area contributed by atoms with E-state index >= 15 is 0 Å². The third-order valence-electron chi connectivity index (χ3n) is 14.2. The minimum Gasteiger partial charge on any atom is -0.458 e. The molecule has 1 aromatic heterocycles. The van der Waals surface area contributed by atoms with Crippen LogP contribution in [0.25, 0.3) is 0 Å². The van der Waals surface area contributed by atoms with Gasteiger partial charge in [0.25, 0.3) is 0 Å². The number of rotatable bonds is 8. The number of likely N-dealkylation sites (N-methyl/N-ethyl adjacent to an activating group) is 2. The van der Waals surface area contributed by atoms with Gasteiger partial charge in [0.1, 0.15) is 18.0 Å². The van der Waals surface area contributed by atoms with E-state index in [-0.39, 0.29) is 36.9 Å². The highest BCUT2D eigenvalue weighted by atomic mass is 16.8. The van der Waals surface area contributed by atoms with Gasteiger partial charge in [0.2, 0.25) is 0 Å². The van der Waals surface area contributed by atoms with E-state index in [9.17, 15) is 24.3 Å². The van der Waals surface area contributed by atoms with E-state index in [1.54, 1.807) is 27.7 Å². The second kappa shape index (κ2) is 20.0. The van der Waals surface area contributed by atoms with Crippen molar-refractivity contribution in [2.75, 3.05) is 34.8 Å². The van der Waals surface area contributed by atoms with Crippen molar-refractivity contribution in [1.82, 2.24) is 19.4 Å². The van der Waals surface area contributed by atoms with Gasteiger partial charge < -0.3 is 52.6 Å². The molecule has 0 saturated carbocycles. The smallest absolute Gasteiger partial charge is 0.458 e. The number of carbonyl (C=O) groups excluding carboxylic acids is 4. The largest absolute Gasteiger partial charge is 0.509 e. The van der Waals surface area contributed by atoms with E-state index in [0.29, 0.717) is 19.4 Å². The molecule has 0 amide bonds. The Morgan fingerprint density at radius 3 is 2.27 bits per heavy atom. The highest BCUT2D eigenvalue weighted by Gasteiger charge is 2.59. The Kier molecular flexibility index (Phi) is 16.1. The van der Waals surface area contributed by atoms with Crippen LogP contribution in [0, 0.1) is 23.7 Å². The van der Waals surface area contributed by atoms with Crippen LogP contribution in [-0.2, 0) is 52.2 Å². The molecule has 5 heterocycles. The first kappa shape index (κ1) is 50.6. The molecule has 0 aromatic carbocycles. The second-order valence-corrected chi connectivity index (χ2v) is 19.6. The Morgan fingerprint density at radius 1 is 1.00 bits per heavy atom. The number of nitrogens with zero attached hydrogens (tertiary/aromatic N) is 4. The summed E-state index contributed by atoms with van der Waals surface area (Å²) in [5.74, 6) is -3.67. The van der Waals surface area contributed by atoms with Crippen molar-refractivity contribution in [3.63, 3.8) is 0 Å². The maximum Gasteiger partial charge on any atom is 0.509 e. The molecule has 358 valence electrons. The summed E-state index contributed by atoms with van der Waals surface area (Å²) in [7, 11) is 7.26. The number of imidazole rings is 1. The number of aromatic nitrogens is 2. The summed E-state index contributed by atoms with van der Waals surface area (Å²) in [6.07, 6.45) is -3.41. The molecule has 4 aliphatic rings. The van der Waals surface area contributed by atoms with Crippen LogP contribution < -0.4 is 0 Å². The van der Waals surface area contributed by atoms with Gasteiger partial charge in [-0.3, -0.25) is 14.5 Å². The highest BCUT2D eigenvalue weighted by Crippen LogP contribution is 2.46. The Morgan fingerprint density at radius 2 is 1.68 bits per heavy atom. The molecule has 0 bridgehead atoms. The lowest BCUT2D eigenvalue weighted by molar-refractivity contribution is -0.304. The van der Waals surface area contributed by atoms with Crippen molar-refractivity contribution in [3.8, 4) is 0 Å². The highest BCUT2D eigenvalue weighted by molar-refractivity contribution is 5.73. The molecule has 1 unspecified atom stereocenters. The summed E-state index contributed by atoms with van der Waals surface area (Å²) in [4.78, 5) is 61.7. The number of cyclic esters (lactones) is 1. The van der Waals surface area contributed by atoms with Crippen LogP contribution in [0.3, 0.4) is 0 Å². The molecular weight excluding hydrogens is 821 g/mol. The van der Waals surface area contributed by atoms with Crippen LogP contribution in [-0.4, -0.2) is 167 Å². The first-order valence-corrected chi connectivity index (χ1v) is 22.4. The molecule has 1 aromatic rings. The van der Waals surface area contributed by atoms with Gasteiger partial charge in [0.15, 0.2) is 30.2 Å². The lowest BCUT2D eigenvalue weighted by atomic mass is 9.68. The van der Waals surface area contributed by atoms with Gasteiger partial charge in [-0.1, -0.05) is 27.7 Å². The normalized spacial score (nSPS) is 43.4. The predicted molar refractivity (Wildman–Crippen MR) is 227 cm³/mol. The number of fused-ring (bicyclic) bond motifs is 1. The van der Waals surface area contributed by atoms with Crippen LogP contribution in [0.4, 0.5) is 9.59 Å². The number of hydrogen-bond donors (Lipinski definition) is 1. The molecule has 0 aliphatic carbocycles. The number of esters is 2. The van der Waals surface area contributed by atoms with Crippen molar-refractivity contribution in [1.29, 1.82) is 0 Å². The van der Waals surface area contributed by atoms with Crippen molar-refractivity contribution in [3.05, 3.63) is 18.7 Å². The van der Waals surface area contributed by atoms with Crippen LogP contribution in [0.5, 0.6) is 0 Å². The summed E-state index contributed by atoms with van der Waals surface area (Å²) < 4.78 is 58.0. The van der Waals surface area contributed by atoms with Gasteiger partial charge in [-0.25, -0.2) is 19.1 Å². The molecule has 1 N–H and O–H groups in total. The maximum absolute atomic E-state index is 14.9. The first-order chi connectivity index (χ1) is 29.4. The third kappa shape index (κ3) is 10.8. The number of aliphatic hydroxyl groups is 1. The third-order valence-corrected chi connectivity index (χ3v) is 14.2. The van der Waals surface area contributed by atoms with Crippen LogP contribution in [0.15, 0.2) is 18.7 Å². The average Bonchev–Trinajstić information content (AvgIpc) is 3.84. The van der Waals surface area contributed by atoms with Gasteiger partial charge in [-0.15, -0.1) is 0 Å². The number of ether oxygens (including phenoxy) is 9. The Bertz CT molecular complexity index is 1730.